The summed E-state index contributed by atoms with van der Waals surface area (Å²) in [6.45, 7) is 1.56. The Morgan fingerprint density at radius 3 is 2.36 bits per heavy atom. The van der Waals surface area contributed by atoms with E-state index in [2.05, 4.69) is 10.6 Å². The van der Waals surface area contributed by atoms with Gasteiger partial charge >= 0.3 is 5.97 Å². The molecule has 14 heavy (non-hydrogen) atoms. The van der Waals surface area contributed by atoms with Gasteiger partial charge in [-0.15, -0.1) is 0 Å². The molecule has 0 saturated carbocycles. The summed E-state index contributed by atoms with van der Waals surface area (Å²) in [5, 5.41) is 13.1. The van der Waals surface area contributed by atoms with Gasteiger partial charge in [0.25, 0.3) is 0 Å². The molecule has 0 aliphatic carbocycles. The smallest absolute Gasteiger partial charge is 0.303 e. The van der Waals surface area contributed by atoms with E-state index in [1.54, 1.807) is 0 Å². The Kier molecular flexibility index (Phi) is 6.09. The van der Waals surface area contributed by atoms with Gasteiger partial charge in [0.15, 0.2) is 0 Å². The molecular formula is C8H14N2O4. The van der Waals surface area contributed by atoms with Crippen molar-refractivity contribution < 1.29 is 19.5 Å². The van der Waals surface area contributed by atoms with Crippen LogP contribution in [0.2, 0.25) is 0 Å². The summed E-state index contributed by atoms with van der Waals surface area (Å²) >= 11 is 0. The number of rotatable bonds is 6. The quantitative estimate of drug-likeness (QED) is 0.486. The monoisotopic (exact) mass is 202 g/mol. The lowest BCUT2D eigenvalue weighted by Gasteiger charge is -2.03. The van der Waals surface area contributed by atoms with Gasteiger partial charge in [-0.25, -0.2) is 0 Å². The predicted octanol–water partition coefficient (Wildman–Crippen LogP) is -0.896. The molecular weight excluding hydrogens is 188 g/mol. The molecule has 0 heterocycles. The standard InChI is InChI=1S/C8H14N2O4/c1-6(11)10-5-7(12)9-4-2-3-8(13)14/h2-5H2,1H3,(H,9,12)(H,10,11)(H,13,14). The Hall–Kier alpha value is -1.59. The maximum atomic E-state index is 10.9. The normalized spacial score (nSPS) is 9.21. The zero-order valence-electron chi connectivity index (χ0n) is 8.00. The van der Waals surface area contributed by atoms with E-state index in [-0.39, 0.29) is 24.8 Å². The van der Waals surface area contributed by atoms with Gasteiger partial charge in [0, 0.05) is 19.9 Å². The molecule has 2 amide bonds. The SMILES string of the molecule is CC(=O)NCC(=O)NCCCC(=O)O. The number of aliphatic carboxylic acids is 1. The fourth-order valence-corrected chi connectivity index (χ4v) is 0.735. The third-order valence-electron chi connectivity index (χ3n) is 1.39. The first-order valence-electron chi connectivity index (χ1n) is 4.25. The van der Waals surface area contributed by atoms with Gasteiger partial charge in [0.2, 0.25) is 11.8 Å². The lowest BCUT2D eigenvalue weighted by molar-refractivity contribution is -0.137. The first-order valence-corrected chi connectivity index (χ1v) is 4.25. The fraction of sp³-hybridized carbons (Fsp3) is 0.625. The van der Waals surface area contributed by atoms with Gasteiger partial charge in [0.1, 0.15) is 0 Å². The molecule has 6 heteroatoms. The number of carboxylic acids is 1. The first kappa shape index (κ1) is 12.4. The van der Waals surface area contributed by atoms with Gasteiger partial charge in [-0.3, -0.25) is 14.4 Å². The van der Waals surface area contributed by atoms with E-state index >= 15 is 0 Å². The highest BCUT2D eigenvalue weighted by atomic mass is 16.4. The molecule has 0 radical (unpaired) electrons. The van der Waals surface area contributed by atoms with E-state index in [0.717, 1.165) is 0 Å². The minimum atomic E-state index is -0.888. The third-order valence-corrected chi connectivity index (χ3v) is 1.39. The summed E-state index contributed by atoms with van der Waals surface area (Å²) in [5.41, 5.74) is 0. The van der Waals surface area contributed by atoms with E-state index in [9.17, 15) is 14.4 Å². The average Bonchev–Trinajstić information content (AvgIpc) is 2.08. The first-order chi connectivity index (χ1) is 6.52. The van der Waals surface area contributed by atoms with Crippen molar-refractivity contribution in [3.05, 3.63) is 0 Å². The van der Waals surface area contributed by atoms with Crippen molar-refractivity contribution in [2.24, 2.45) is 0 Å². The largest absolute Gasteiger partial charge is 0.481 e. The Bertz CT molecular complexity index is 227. The van der Waals surface area contributed by atoms with Crippen LogP contribution < -0.4 is 10.6 Å². The Balaban J connectivity index is 3.36. The number of carbonyl (C=O) groups is 3. The highest BCUT2D eigenvalue weighted by molar-refractivity contribution is 5.83. The highest BCUT2D eigenvalue weighted by Gasteiger charge is 2.01. The Labute approximate surface area is 81.7 Å². The molecule has 80 valence electrons. The molecule has 6 nitrogen and oxygen atoms in total. The van der Waals surface area contributed by atoms with Gasteiger partial charge < -0.3 is 15.7 Å². The molecule has 0 atom stereocenters. The maximum absolute atomic E-state index is 10.9. The second kappa shape index (κ2) is 6.88. The predicted molar refractivity (Wildman–Crippen MR) is 48.6 cm³/mol. The summed E-state index contributed by atoms with van der Waals surface area (Å²) < 4.78 is 0. The van der Waals surface area contributed by atoms with Crippen molar-refractivity contribution in [3.8, 4) is 0 Å². The molecule has 3 N–H and O–H groups in total. The summed E-state index contributed by atoms with van der Waals surface area (Å²) in [6.07, 6.45) is 0.418. The zero-order valence-corrected chi connectivity index (χ0v) is 8.00. The van der Waals surface area contributed by atoms with E-state index < -0.39 is 5.97 Å². The molecule has 0 rings (SSSR count). The Morgan fingerprint density at radius 1 is 1.21 bits per heavy atom. The summed E-state index contributed by atoms with van der Waals surface area (Å²) in [6, 6.07) is 0. The molecule has 0 bridgehead atoms. The molecule has 0 aromatic rings. The summed E-state index contributed by atoms with van der Waals surface area (Å²) in [5.74, 6) is -1.47. The minimum Gasteiger partial charge on any atom is -0.481 e. The fourth-order valence-electron chi connectivity index (χ4n) is 0.735. The van der Waals surface area contributed by atoms with E-state index in [0.29, 0.717) is 13.0 Å². The molecule has 0 aromatic heterocycles. The van der Waals surface area contributed by atoms with Crippen LogP contribution in [0.5, 0.6) is 0 Å². The molecule has 0 saturated heterocycles. The Morgan fingerprint density at radius 2 is 1.86 bits per heavy atom. The topological polar surface area (TPSA) is 95.5 Å². The minimum absolute atomic E-state index is 0.0282. The van der Waals surface area contributed by atoms with Crippen LogP contribution in [0.25, 0.3) is 0 Å². The molecule has 0 unspecified atom stereocenters. The number of hydrogen-bond acceptors (Lipinski definition) is 3. The van der Waals surface area contributed by atoms with Gasteiger partial charge in [0.05, 0.1) is 6.54 Å². The number of amides is 2. The van der Waals surface area contributed by atoms with Crippen LogP contribution in [0.1, 0.15) is 19.8 Å². The van der Waals surface area contributed by atoms with Gasteiger partial charge in [-0.05, 0) is 6.42 Å². The lowest BCUT2D eigenvalue weighted by Crippen LogP contribution is -2.36. The van der Waals surface area contributed by atoms with Crippen LogP contribution in [0, 0.1) is 0 Å². The maximum Gasteiger partial charge on any atom is 0.303 e. The second-order valence-electron chi connectivity index (χ2n) is 2.76. The third kappa shape index (κ3) is 8.51. The molecule has 0 aromatic carbocycles. The summed E-state index contributed by atoms with van der Waals surface area (Å²) in [4.78, 5) is 31.4. The summed E-state index contributed by atoms with van der Waals surface area (Å²) in [7, 11) is 0. The van der Waals surface area contributed by atoms with Crippen LogP contribution in [0.15, 0.2) is 0 Å². The van der Waals surface area contributed by atoms with Crippen molar-refractivity contribution in [1.82, 2.24) is 10.6 Å². The van der Waals surface area contributed by atoms with Crippen molar-refractivity contribution in [3.63, 3.8) is 0 Å². The number of carboxylic acid groups (broad SMARTS) is 1. The lowest BCUT2D eigenvalue weighted by atomic mass is 10.3. The molecule has 0 aliphatic heterocycles. The van der Waals surface area contributed by atoms with Crippen molar-refractivity contribution in [2.75, 3.05) is 13.1 Å². The average molecular weight is 202 g/mol. The second-order valence-corrected chi connectivity index (χ2v) is 2.76. The number of nitrogens with one attached hydrogen (secondary N) is 2. The van der Waals surface area contributed by atoms with Gasteiger partial charge in [-0.2, -0.15) is 0 Å². The molecule has 0 fully saturated rings. The van der Waals surface area contributed by atoms with Crippen LogP contribution in [0.3, 0.4) is 0 Å². The highest BCUT2D eigenvalue weighted by Crippen LogP contribution is 1.85. The van der Waals surface area contributed by atoms with Gasteiger partial charge in [-0.1, -0.05) is 0 Å². The van der Waals surface area contributed by atoms with Crippen LogP contribution in [-0.4, -0.2) is 36.0 Å². The van der Waals surface area contributed by atoms with Crippen molar-refractivity contribution in [1.29, 1.82) is 0 Å². The van der Waals surface area contributed by atoms with Crippen LogP contribution in [0.4, 0.5) is 0 Å². The van der Waals surface area contributed by atoms with Crippen LogP contribution in [-0.2, 0) is 14.4 Å². The van der Waals surface area contributed by atoms with Crippen molar-refractivity contribution in [2.45, 2.75) is 19.8 Å². The number of carbonyl (C=O) groups excluding carboxylic acids is 2. The van der Waals surface area contributed by atoms with E-state index in [4.69, 9.17) is 5.11 Å². The van der Waals surface area contributed by atoms with Crippen molar-refractivity contribution >= 4 is 17.8 Å². The zero-order chi connectivity index (χ0) is 11.0. The molecule has 0 spiro atoms. The molecule has 0 aliphatic rings. The van der Waals surface area contributed by atoms with Crippen LogP contribution >= 0.6 is 0 Å². The van der Waals surface area contributed by atoms with E-state index in [1.165, 1.54) is 6.92 Å². The number of hydrogen-bond donors (Lipinski definition) is 3. The van der Waals surface area contributed by atoms with E-state index in [1.807, 2.05) is 0 Å².